The van der Waals surface area contributed by atoms with Crippen LogP contribution in [-0.4, -0.2) is 36.1 Å². The molecule has 1 atom stereocenters. The second-order valence-corrected chi connectivity index (χ2v) is 2.95. The van der Waals surface area contributed by atoms with Crippen LogP contribution in [0.25, 0.3) is 0 Å². The van der Waals surface area contributed by atoms with Gasteiger partial charge in [0.2, 0.25) is 5.67 Å². The zero-order valence-corrected chi connectivity index (χ0v) is 8.64. The average molecular weight is 190 g/mol. The van der Waals surface area contributed by atoms with Crippen LogP contribution in [-0.2, 0) is 4.79 Å². The van der Waals surface area contributed by atoms with E-state index in [-0.39, 0.29) is 13.0 Å². The number of halogens is 1. The molecule has 3 nitrogen and oxygen atoms in total. The second-order valence-electron chi connectivity index (χ2n) is 2.95. The summed E-state index contributed by atoms with van der Waals surface area (Å²) in [5.41, 5.74) is 3.14. The molecule has 0 aromatic heterocycles. The maximum absolute atomic E-state index is 13.4. The molecule has 1 rings (SSSR count). The van der Waals surface area contributed by atoms with E-state index in [0.717, 1.165) is 6.54 Å². The molecule has 0 aromatic carbocycles. The highest BCUT2D eigenvalue weighted by atomic mass is 19.1. The number of rotatable bonds is 2. The van der Waals surface area contributed by atoms with Crippen molar-refractivity contribution >= 4 is 5.91 Å². The van der Waals surface area contributed by atoms with Crippen LogP contribution in [0.1, 0.15) is 27.2 Å². The first-order valence-electron chi connectivity index (χ1n) is 4.79. The van der Waals surface area contributed by atoms with Crippen molar-refractivity contribution in [3.8, 4) is 0 Å². The lowest BCUT2D eigenvalue weighted by Gasteiger charge is -2.15. The number of nitrogens with zero attached hydrogens (tertiary/aromatic N) is 1. The van der Waals surface area contributed by atoms with Crippen LogP contribution < -0.4 is 5.73 Å². The van der Waals surface area contributed by atoms with E-state index < -0.39 is 11.6 Å². The molecule has 4 heteroatoms. The lowest BCUT2D eigenvalue weighted by atomic mass is 10.1. The van der Waals surface area contributed by atoms with Crippen LogP contribution in [0.5, 0.6) is 0 Å². The van der Waals surface area contributed by atoms with Crippen molar-refractivity contribution in [3.63, 3.8) is 0 Å². The minimum atomic E-state index is -1.77. The summed E-state index contributed by atoms with van der Waals surface area (Å²) in [6.07, 6.45) is 0.246. The van der Waals surface area contributed by atoms with Crippen LogP contribution >= 0.6 is 0 Å². The second kappa shape index (κ2) is 5.17. The van der Waals surface area contributed by atoms with Crippen LogP contribution in [0.15, 0.2) is 0 Å². The van der Waals surface area contributed by atoms with Gasteiger partial charge in [0.15, 0.2) is 0 Å². The summed E-state index contributed by atoms with van der Waals surface area (Å²) in [5, 5.41) is 0. The van der Waals surface area contributed by atoms with E-state index in [9.17, 15) is 9.18 Å². The number of primary amides is 1. The van der Waals surface area contributed by atoms with E-state index in [1.54, 1.807) is 0 Å². The maximum atomic E-state index is 13.4. The highest BCUT2D eigenvalue weighted by Gasteiger charge is 2.42. The summed E-state index contributed by atoms with van der Waals surface area (Å²) < 4.78 is 13.4. The van der Waals surface area contributed by atoms with E-state index >= 15 is 0 Å². The minimum absolute atomic E-state index is 0.166. The summed E-state index contributed by atoms with van der Waals surface area (Å²) in [6, 6.07) is 0. The van der Waals surface area contributed by atoms with Crippen molar-refractivity contribution in [2.75, 3.05) is 19.6 Å². The molecule has 1 unspecified atom stereocenters. The lowest BCUT2D eigenvalue weighted by Crippen LogP contribution is -2.42. The molecule has 2 N–H and O–H groups in total. The van der Waals surface area contributed by atoms with Gasteiger partial charge >= 0.3 is 0 Å². The maximum Gasteiger partial charge on any atom is 0.256 e. The monoisotopic (exact) mass is 190 g/mol. The van der Waals surface area contributed by atoms with Crippen LogP contribution in [0.2, 0.25) is 0 Å². The van der Waals surface area contributed by atoms with Crippen molar-refractivity contribution in [1.29, 1.82) is 0 Å². The van der Waals surface area contributed by atoms with Gasteiger partial charge in [-0.25, -0.2) is 4.39 Å². The van der Waals surface area contributed by atoms with Gasteiger partial charge in [0.25, 0.3) is 5.91 Å². The fourth-order valence-electron chi connectivity index (χ4n) is 1.32. The first kappa shape index (κ1) is 12.4. The predicted octanol–water partition coefficient (Wildman–Crippen LogP) is 0.932. The van der Waals surface area contributed by atoms with Crippen LogP contribution in [0.3, 0.4) is 0 Å². The fourth-order valence-corrected chi connectivity index (χ4v) is 1.32. The van der Waals surface area contributed by atoms with Gasteiger partial charge < -0.3 is 5.73 Å². The summed E-state index contributed by atoms with van der Waals surface area (Å²) >= 11 is 0. The summed E-state index contributed by atoms with van der Waals surface area (Å²) in [4.78, 5) is 12.5. The fraction of sp³-hybridized carbons (Fsp3) is 0.889. The molecule has 0 radical (unpaired) electrons. The molecule has 1 saturated heterocycles. The molecule has 1 amide bonds. The van der Waals surface area contributed by atoms with Crippen molar-refractivity contribution in [3.05, 3.63) is 0 Å². The molecule has 0 aliphatic carbocycles. The molecule has 1 aliphatic rings. The number of hydrogen-bond donors (Lipinski definition) is 1. The van der Waals surface area contributed by atoms with Crippen LogP contribution in [0, 0.1) is 0 Å². The Morgan fingerprint density at radius 2 is 2.15 bits per heavy atom. The third-order valence-corrected chi connectivity index (χ3v) is 2.19. The van der Waals surface area contributed by atoms with Gasteiger partial charge in [-0.05, 0) is 6.54 Å². The molecule has 1 fully saturated rings. The van der Waals surface area contributed by atoms with Crippen molar-refractivity contribution in [1.82, 2.24) is 4.90 Å². The average Bonchev–Trinajstić information content (AvgIpc) is 2.52. The van der Waals surface area contributed by atoms with Gasteiger partial charge in [-0.15, -0.1) is 0 Å². The molecule has 0 saturated carbocycles. The highest BCUT2D eigenvalue weighted by Crippen LogP contribution is 2.24. The normalized spacial score (nSPS) is 28.0. The Labute approximate surface area is 79.1 Å². The van der Waals surface area contributed by atoms with Gasteiger partial charge in [-0.1, -0.05) is 20.8 Å². The van der Waals surface area contributed by atoms with Crippen molar-refractivity contribution in [2.45, 2.75) is 32.9 Å². The molecule has 0 spiro atoms. The standard InChI is InChI=1S/C7H13FN2O.C2H6/c1-2-10-4-3-7(8,5-10)6(9)11;1-2/h2-5H2,1H3,(H2,9,11);1-2H3. The molecular formula is C9H19FN2O. The minimum Gasteiger partial charge on any atom is -0.367 e. The van der Waals surface area contributed by atoms with Crippen molar-refractivity contribution < 1.29 is 9.18 Å². The highest BCUT2D eigenvalue weighted by molar-refractivity contribution is 5.84. The Morgan fingerprint density at radius 3 is 2.38 bits per heavy atom. The van der Waals surface area contributed by atoms with Crippen LogP contribution in [0.4, 0.5) is 4.39 Å². The third kappa shape index (κ3) is 2.95. The lowest BCUT2D eigenvalue weighted by molar-refractivity contribution is -0.128. The Hall–Kier alpha value is -0.640. The van der Waals surface area contributed by atoms with Gasteiger partial charge in [-0.3, -0.25) is 9.69 Å². The zero-order chi connectivity index (χ0) is 10.5. The number of carbonyl (C=O) groups is 1. The number of nitrogens with two attached hydrogens (primary N) is 1. The number of alkyl halides is 1. The molecule has 0 bridgehead atoms. The van der Waals surface area contributed by atoms with Gasteiger partial charge in [0.1, 0.15) is 0 Å². The van der Waals surface area contributed by atoms with Gasteiger partial charge in [0, 0.05) is 19.5 Å². The number of hydrogen-bond acceptors (Lipinski definition) is 2. The van der Waals surface area contributed by atoms with Crippen molar-refractivity contribution in [2.24, 2.45) is 5.73 Å². The van der Waals surface area contributed by atoms with Gasteiger partial charge in [0.05, 0.1) is 0 Å². The van der Waals surface area contributed by atoms with E-state index in [4.69, 9.17) is 5.73 Å². The first-order chi connectivity index (χ1) is 6.08. The topological polar surface area (TPSA) is 46.3 Å². The SMILES string of the molecule is CC.CCN1CCC(F)(C(N)=O)C1. The summed E-state index contributed by atoms with van der Waals surface area (Å²) in [6.45, 7) is 7.51. The molecular weight excluding hydrogens is 171 g/mol. The largest absolute Gasteiger partial charge is 0.367 e. The molecule has 1 aliphatic heterocycles. The smallest absolute Gasteiger partial charge is 0.256 e. The molecule has 13 heavy (non-hydrogen) atoms. The molecule has 78 valence electrons. The van der Waals surface area contributed by atoms with E-state index in [1.165, 1.54) is 0 Å². The Bertz CT molecular complexity index is 175. The third-order valence-electron chi connectivity index (χ3n) is 2.19. The zero-order valence-electron chi connectivity index (χ0n) is 8.64. The Balaban J connectivity index is 0.000000671. The molecule has 1 heterocycles. The van der Waals surface area contributed by atoms with E-state index in [0.29, 0.717) is 6.54 Å². The Morgan fingerprint density at radius 1 is 1.62 bits per heavy atom. The Kier molecular flexibility index (Phi) is 4.91. The summed E-state index contributed by atoms with van der Waals surface area (Å²) in [5.74, 6) is -0.826. The number of carbonyl (C=O) groups excluding carboxylic acids is 1. The number of amides is 1. The van der Waals surface area contributed by atoms with E-state index in [1.807, 2.05) is 25.7 Å². The van der Waals surface area contributed by atoms with Gasteiger partial charge in [-0.2, -0.15) is 0 Å². The molecule has 0 aromatic rings. The quantitative estimate of drug-likeness (QED) is 0.704. The number of likely N-dealkylation sites (tertiary alicyclic amines) is 1. The predicted molar refractivity (Wildman–Crippen MR) is 51.1 cm³/mol. The first-order valence-corrected chi connectivity index (χ1v) is 4.79. The summed E-state index contributed by atoms with van der Waals surface area (Å²) in [7, 11) is 0. The van der Waals surface area contributed by atoms with E-state index in [2.05, 4.69) is 0 Å².